The predicted molar refractivity (Wildman–Crippen MR) is 76.1 cm³/mol. The minimum absolute atomic E-state index is 0.217. The molecule has 0 spiro atoms. The van der Waals surface area contributed by atoms with Crippen molar-refractivity contribution in [1.29, 1.82) is 0 Å². The molecule has 1 aromatic heterocycles. The monoisotopic (exact) mass is 268 g/mol. The SMILES string of the molecule is COC(=O)c1cccc2oc3ccc(C)cc3c(=O)c12. The molecule has 0 atom stereocenters. The van der Waals surface area contributed by atoms with Gasteiger partial charge < -0.3 is 9.15 Å². The number of hydrogen-bond donors (Lipinski definition) is 0. The van der Waals surface area contributed by atoms with Gasteiger partial charge in [-0.3, -0.25) is 4.79 Å². The van der Waals surface area contributed by atoms with Gasteiger partial charge in [0.1, 0.15) is 11.2 Å². The maximum atomic E-state index is 12.6. The molecule has 0 N–H and O–H groups in total. The second-order valence-electron chi connectivity index (χ2n) is 4.60. The Bertz CT molecular complexity index is 890. The molecular weight excluding hydrogens is 256 g/mol. The Labute approximate surface area is 114 Å². The summed E-state index contributed by atoms with van der Waals surface area (Å²) < 4.78 is 10.4. The number of hydrogen-bond acceptors (Lipinski definition) is 4. The Balaban J connectivity index is 2.52. The molecule has 100 valence electrons. The van der Waals surface area contributed by atoms with E-state index >= 15 is 0 Å². The number of carbonyl (C=O) groups excluding carboxylic acids is 1. The molecule has 20 heavy (non-hydrogen) atoms. The zero-order chi connectivity index (χ0) is 14.3. The van der Waals surface area contributed by atoms with E-state index in [4.69, 9.17) is 9.15 Å². The second kappa shape index (κ2) is 4.49. The number of carbonyl (C=O) groups is 1. The zero-order valence-corrected chi connectivity index (χ0v) is 11.1. The van der Waals surface area contributed by atoms with Gasteiger partial charge in [-0.2, -0.15) is 0 Å². The first-order valence-corrected chi connectivity index (χ1v) is 6.16. The number of methoxy groups -OCH3 is 1. The highest BCUT2D eigenvalue weighted by atomic mass is 16.5. The summed E-state index contributed by atoms with van der Waals surface area (Å²) in [6.07, 6.45) is 0. The summed E-state index contributed by atoms with van der Waals surface area (Å²) in [6.45, 7) is 1.90. The molecule has 0 saturated heterocycles. The van der Waals surface area contributed by atoms with Crippen LogP contribution in [0.4, 0.5) is 0 Å². The molecule has 0 saturated carbocycles. The normalized spacial score (nSPS) is 10.9. The number of esters is 1. The van der Waals surface area contributed by atoms with Crippen LogP contribution < -0.4 is 5.43 Å². The van der Waals surface area contributed by atoms with Crippen LogP contribution in [0.15, 0.2) is 45.6 Å². The third-order valence-electron chi connectivity index (χ3n) is 3.26. The molecule has 0 bridgehead atoms. The lowest BCUT2D eigenvalue weighted by Gasteiger charge is -2.06. The van der Waals surface area contributed by atoms with E-state index in [0.29, 0.717) is 16.6 Å². The lowest BCUT2D eigenvalue weighted by molar-refractivity contribution is 0.0603. The zero-order valence-electron chi connectivity index (χ0n) is 11.1. The maximum Gasteiger partial charge on any atom is 0.338 e. The molecule has 2 aromatic carbocycles. The molecule has 3 rings (SSSR count). The topological polar surface area (TPSA) is 56.5 Å². The highest BCUT2D eigenvalue weighted by molar-refractivity contribution is 6.05. The van der Waals surface area contributed by atoms with E-state index in [1.165, 1.54) is 7.11 Å². The average Bonchev–Trinajstić information content (AvgIpc) is 2.47. The van der Waals surface area contributed by atoms with Gasteiger partial charge in [-0.25, -0.2) is 4.79 Å². The fourth-order valence-electron chi connectivity index (χ4n) is 2.29. The quantitative estimate of drug-likeness (QED) is 0.503. The van der Waals surface area contributed by atoms with Gasteiger partial charge in [0.15, 0.2) is 0 Å². The first-order valence-electron chi connectivity index (χ1n) is 6.16. The van der Waals surface area contributed by atoms with Crippen LogP contribution in [0.5, 0.6) is 0 Å². The van der Waals surface area contributed by atoms with E-state index in [0.717, 1.165) is 5.56 Å². The fraction of sp³-hybridized carbons (Fsp3) is 0.125. The largest absolute Gasteiger partial charge is 0.465 e. The van der Waals surface area contributed by atoms with Gasteiger partial charge in [0.05, 0.1) is 23.4 Å². The van der Waals surface area contributed by atoms with Crippen molar-refractivity contribution in [2.24, 2.45) is 0 Å². The summed E-state index contributed by atoms with van der Waals surface area (Å²) in [5, 5.41) is 0.728. The van der Waals surface area contributed by atoms with E-state index in [-0.39, 0.29) is 16.4 Å². The van der Waals surface area contributed by atoms with Gasteiger partial charge in [-0.05, 0) is 31.2 Å². The average molecular weight is 268 g/mol. The minimum atomic E-state index is -0.546. The molecule has 0 aliphatic carbocycles. The minimum Gasteiger partial charge on any atom is -0.465 e. The van der Waals surface area contributed by atoms with Gasteiger partial charge in [0.2, 0.25) is 5.43 Å². The summed E-state index contributed by atoms with van der Waals surface area (Å²) >= 11 is 0. The molecule has 0 amide bonds. The molecule has 0 fully saturated rings. The van der Waals surface area contributed by atoms with Gasteiger partial charge in [0, 0.05) is 0 Å². The lowest BCUT2D eigenvalue weighted by atomic mass is 10.1. The number of rotatable bonds is 1. The van der Waals surface area contributed by atoms with Crippen LogP contribution in [0.1, 0.15) is 15.9 Å². The third kappa shape index (κ3) is 1.77. The summed E-state index contributed by atoms with van der Waals surface area (Å²) in [5.41, 5.74) is 1.86. The summed E-state index contributed by atoms with van der Waals surface area (Å²) in [7, 11) is 1.29. The molecule has 4 nitrogen and oxygen atoms in total. The van der Waals surface area contributed by atoms with Gasteiger partial charge in [-0.15, -0.1) is 0 Å². The van der Waals surface area contributed by atoms with Gasteiger partial charge in [-0.1, -0.05) is 17.7 Å². The van der Waals surface area contributed by atoms with E-state index in [2.05, 4.69) is 0 Å². The Morgan fingerprint density at radius 3 is 2.70 bits per heavy atom. The van der Waals surface area contributed by atoms with Gasteiger partial charge in [0.25, 0.3) is 0 Å². The van der Waals surface area contributed by atoms with Crippen molar-refractivity contribution in [2.75, 3.05) is 7.11 Å². The standard InChI is InChI=1S/C16H12O4/c1-9-6-7-12-11(8-9)15(17)14-10(16(18)19-2)4-3-5-13(14)20-12/h3-8H,1-2H3. The van der Waals surface area contributed by atoms with Crippen LogP contribution in [0, 0.1) is 6.92 Å². The highest BCUT2D eigenvalue weighted by Gasteiger charge is 2.16. The molecule has 0 unspecified atom stereocenters. The highest BCUT2D eigenvalue weighted by Crippen LogP contribution is 2.22. The molecular formula is C16H12O4. The van der Waals surface area contributed by atoms with Crippen molar-refractivity contribution in [2.45, 2.75) is 6.92 Å². The Kier molecular flexibility index (Phi) is 2.79. The molecule has 1 heterocycles. The van der Waals surface area contributed by atoms with Crippen molar-refractivity contribution in [3.05, 3.63) is 57.7 Å². The van der Waals surface area contributed by atoms with E-state index in [1.54, 1.807) is 30.3 Å². The van der Waals surface area contributed by atoms with Gasteiger partial charge >= 0.3 is 5.97 Å². The lowest BCUT2D eigenvalue weighted by Crippen LogP contribution is -2.10. The Morgan fingerprint density at radius 2 is 1.95 bits per heavy atom. The number of fused-ring (bicyclic) bond motifs is 2. The fourth-order valence-corrected chi connectivity index (χ4v) is 2.29. The van der Waals surface area contributed by atoms with Crippen LogP contribution in [-0.4, -0.2) is 13.1 Å². The van der Waals surface area contributed by atoms with E-state index < -0.39 is 5.97 Å². The van der Waals surface area contributed by atoms with Crippen LogP contribution >= 0.6 is 0 Å². The van der Waals surface area contributed by atoms with E-state index in [1.807, 2.05) is 13.0 Å². The Hall–Kier alpha value is -2.62. The van der Waals surface area contributed by atoms with Crippen LogP contribution in [-0.2, 0) is 4.74 Å². The number of aryl methyl sites for hydroxylation is 1. The Morgan fingerprint density at radius 1 is 1.15 bits per heavy atom. The van der Waals surface area contributed by atoms with Crippen LogP contribution in [0.3, 0.4) is 0 Å². The van der Waals surface area contributed by atoms with E-state index in [9.17, 15) is 9.59 Å². The van der Waals surface area contributed by atoms with Crippen molar-refractivity contribution in [3.8, 4) is 0 Å². The van der Waals surface area contributed by atoms with Crippen molar-refractivity contribution < 1.29 is 13.9 Å². The summed E-state index contributed by atoms with van der Waals surface area (Å²) in [4.78, 5) is 24.4. The van der Waals surface area contributed by atoms with Crippen molar-refractivity contribution in [3.63, 3.8) is 0 Å². The molecule has 3 aromatic rings. The molecule has 4 heteroatoms. The number of benzene rings is 2. The van der Waals surface area contributed by atoms with Crippen LogP contribution in [0.25, 0.3) is 21.9 Å². The maximum absolute atomic E-state index is 12.6. The summed E-state index contributed by atoms with van der Waals surface area (Å²) in [6, 6.07) is 10.3. The summed E-state index contributed by atoms with van der Waals surface area (Å²) in [5.74, 6) is -0.546. The first-order chi connectivity index (χ1) is 9.61. The third-order valence-corrected chi connectivity index (χ3v) is 3.26. The van der Waals surface area contributed by atoms with Crippen molar-refractivity contribution >= 4 is 27.9 Å². The predicted octanol–water partition coefficient (Wildman–Crippen LogP) is 3.04. The van der Waals surface area contributed by atoms with Crippen LogP contribution in [0.2, 0.25) is 0 Å². The molecule has 0 radical (unpaired) electrons. The first kappa shape index (κ1) is 12.4. The van der Waals surface area contributed by atoms with Crippen molar-refractivity contribution in [1.82, 2.24) is 0 Å². The number of ether oxygens (including phenoxy) is 1. The smallest absolute Gasteiger partial charge is 0.338 e. The molecule has 0 aliphatic heterocycles. The second-order valence-corrected chi connectivity index (χ2v) is 4.60. The molecule has 0 aliphatic rings.